The number of aromatic nitrogens is 1. The minimum Gasteiger partial charge on any atom is -0.493 e. The van der Waals surface area contributed by atoms with Gasteiger partial charge in [-0.3, -0.25) is 0 Å². The molecular formula is C26H28N6O4S. The van der Waals surface area contributed by atoms with Gasteiger partial charge < -0.3 is 39.0 Å². The average Bonchev–Trinajstić information content (AvgIpc) is 3.47. The first-order valence-corrected chi connectivity index (χ1v) is 12.6. The van der Waals surface area contributed by atoms with Crippen LogP contribution >= 0.6 is 12.2 Å². The molecule has 0 radical (unpaired) electrons. The number of hydrogen-bond acceptors (Lipinski definition) is 8. The maximum Gasteiger partial charge on any atom is 0.231 e. The highest BCUT2D eigenvalue weighted by Crippen LogP contribution is 2.38. The number of rotatable bonds is 4. The molecule has 0 saturated carbocycles. The van der Waals surface area contributed by atoms with Crippen molar-refractivity contribution in [1.82, 2.24) is 20.1 Å². The molecule has 1 saturated heterocycles. The van der Waals surface area contributed by atoms with E-state index in [9.17, 15) is 0 Å². The molecule has 192 valence electrons. The molecule has 4 heterocycles. The number of amidine groups is 1. The van der Waals surface area contributed by atoms with Crippen LogP contribution in [0, 0.1) is 0 Å². The molecule has 3 aromatic rings. The predicted octanol–water partition coefficient (Wildman–Crippen LogP) is 3.22. The largest absolute Gasteiger partial charge is 0.493 e. The fourth-order valence-corrected chi connectivity index (χ4v) is 5.17. The summed E-state index contributed by atoms with van der Waals surface area (Å²) in [6.45, 7) is 4.19. The average molecular weight is 521 g/mol. The Bertz CT molecular complexity index is 1410. The summed E-state index contributed by atoms with van der Waals surface area (Å²) in [5.41, 5.74) is 3.16. The van der Waals surface area contributed by atoms with Crippen LogP contribution in [-0.2, 0) is 13.0 Å². The number of nitrogens with zero attached hydrogens (tertiary/aromatic N) is 4. The van der Waals surface area contributed by atoms with Crippen molar-refractivity contribution in [3.05, 3.63) is 41.5 Å². The van der Waals surface area contributed by atoms with E-state index in [4.69, 9.17) is 31.2 Å². The standard InChI is InChI=1S/C26H28N6O4S/c1-33-21-10-17-18-11-24(28-14-29-25(18)30-19(17)12-22(21)34-2)31-5-7-32(8-6-31)26(37)27-13-16-3-4-20-23(9-16)36-15-35-20/h3-4,9-10,12,14,30H,5-8,11,13,15H2,1-2H3,(H,27,37). The zero-order valence-electron chi connectivity index (χ0n) is 20.7. The Morgan fingerprint density at radius 1 is 1.05 bits per heavy atom. The van der Waals surface area contributed by atoms with Gasteiger partial charge in [0, 0.05) is 56.2 Å². The quantitative estimate of drug-likeness (QED) is 0.507. The molecule has 0 atom stereocenters. The van der Waals surface area contributed by atoms with Crippen LogP contribution in [0.4, 0.5) is 5.82 Å². The van der Waals surface area contributed by atoms with Crippen molar-refractivity contribution in [3.8, 4) is 23.0 Å². The SMILES string of the molecule is COc1cc2[nH]c3c(c2cc1OC)CC(N1CCN(C(=S)NCc2ccc4c(c2)OCO4)CC1)=NC=N3. The summed E-state index contributed by atoms with van der Waals surface area (Å²) >= 11 is 5.69. The van der Waals surface area contributed by atoms with Crippen molar-refractivity contribution in [3.63, 3.8) is 0 Å². The van der Waals surface area contributed by atoms with E-state index in [2.05, 4.69) is 30.1 Å². The molecular weight excluding hydrogens is 492 g/mol. The summed E-state index contributed by atoms with van der Waals surface area (Å²) in [5.74, 6) is 4.76. The third-order valence-corrected chi connectivity index (χ3v) is 7.33. The monoisotopic (exact) mass is 520 g/mol. The molecule has 2 aromatic carbocycles. The summed E-state index contributed by atoms with van der Waals surface area (Å²) in [6.07, 6.45) is 2.31. The molecule has 0 amide bonds. The molecule has 1 fully saturated rings. The molecule has 3 aliphatic heterocycles. The van der Waals surface area contributed by atoms with Crippen molar-refractivity contribution < 1.29 is 18.9 Å². The highest BCUT2D eigenvalue weighted by molar-refractivity contribution is 7.80. The topological polar surface area (TPSA) is 95.9 Å². The first-order valence-electron chi connectivity index (χ1n) is 12.1. The van der Waals surface area contributed by atoms with Crippen molar-refractivity contribution in [2.75, 3.05) is 47.2 Å². The Kier molecular flexibility index (Phi) is 6.21. The van der Waals surface area contributed by atoms with E-state index in [1.54, 1.807) is 20.6 Å². The summed E-state index contributed by atoms with van der Waals surface area (Å²) in [7, 11) is 3.28. The smallest absolute Gasteiger partial charge is 0.231 e. The summed E-state index contributed by atoms with van der Waals surface area (Å²) < 4.78 is 21.8. The Morgan fingerprint density at radius 2 is 1.84 bits per heavy atom. The van der Waals surface area contributed by atoms with E-state index >= 15 is 0 Å². The molecule has 37 heavy (non-hydrogen) atoms. The number of hydrogen-bond donors (Lipinski definition) is 2. The number of methoxy groups -OCH3 is 2. The lowest BCUT2D eigenvalue weighted by molar-refractivity contribution is 0.174. The number of ether oxygens (including phenoxy) is 4. The van der Waals surface area contributed by atoms with Gasteiger partial charge in [-0.25, -0.2) is 9.98 Å². The van der Waals surface area contributed by atoms with Crippen molar-refractivity contribution >= 4 is 46.2 Å². The van der Waals surface area contributed by atoms with Gasteiger partial charge >= 0.3 is 0 Å². The Balaban J connectivity index is 1.09. The van der Waals surface area contributed by atoms with Gasteiger partial charge in [-0.15, -0.1) is 0 Å². The number of aromatic amines is 1. The predicted molar refractivity (Wildman–Crippen MR) is 146 cm³/mol. The minimum atomic E-state index is 0.274. The molecule has 0 aliphatic carbocycles. The first-order chi connectivity index (χ1) is 18.1. The van der Waals surface area contributed by atoms with Crippen LogP contribution < -0.4 is 24.3 Å². The van der Waals surface area contributed by atoms with Gasteiger partial charge in [0.2, 0.25) is 6.79 Å². The number of H-pyrrole nitrogens is 1. The van der Waals surface area contributed by atoms with E-state index in [-0.39, 0.29) is 6.79 Å². The zero-order valence-corrected chi connectivity index (χ0v) is 21.6. The number of piperazine rings is 1. The van der Waals surface area contributed by atoms with Gasteiger partial charge in [-0.05, 0) is 36.0 Å². The van der Waals surface area contributed by atoms with Crippen LogP contribution in [-0.4, -0.2) is 79.3 Å². The van der Waals surface area contributed by atoms with Gasteiger partial charge in [0.15, 0.2) is 28.1 Å². The third-order valence-electron chi connectivity index (χ3n) is 6.93. The molecule has 0 spiro atoms. The number of aliphatic imine (C=N–C) groups is 2. The molecule has 3 aliphatic rings. The van der Waals surface area contributed by atoms with Gasteiger partial charge in [0.25, 0.3) is 0 Å². The number of thiocarbonyl (C=S) groups is 1. The molecule has 10 nitrogen and oxygen atoms in total. The van der Waals surface area contributed by atoms with E-state index in [1.807, 2.05) is 30.3 Å². The lowest BCUT2D eigenvalue weighted by Gasteiger charge is -2.37. The van der Waals surface area contributed by atoms with Crippen LogP contribution in [0.2, 0.25) is 0 Å². The second-order valence-electron chi connectivity index (χ2n) is 8.99. The molecule has 11 heteroatoms. The second-order valence-corrected chi connectivity index (χ2v) is 9.38. The van der Waals surface area contributed by atoms with Gasteiger partial charge in [-0.1, -0.05) is 6.07 Å². The second kappa shape index (κ2) is 9.81. The van der Waals surface area contributed by atoms with Crippen LogP contribution in [0.5, 0.6) is 23.0 Å². The zero-order chi connectivity index (χ0) is 25.4. The van der Waals surface area contributed by atoms with Gasteiger partial charge in [-0.2, -0.15) is 0 Å². The minimum absolute atomic E-state index is 0.274. The van der Waals surface area contributed by atoms with Crippen LogP contribution in [0.1, 0.15) is 11.1 Å². The fourth-order valence-electron chi connectivity index (χ4n) is 4.91. The van der Waals surface area contributed by atoms with Gasteiger partial charge in [0.05, 0.1) is 19.7 Å². The molecule has 2 N–H and O–H groups in total. The van der Waals surface area contributed by atoms with Crippen molar-refractivity contribution in [2.24, 2.45) is 9.98 Å². The van der Waals surface area contributed by atoms with Crippen LogP contribution in [0.3, 0.4) is 0 Å². The summed E-state index contributed by atoms with van der Waals surface area (Å²) in [5, 5.41) is 5.19. The highest BCUT2D eigenvalue weighted by atomic mass is 32.1. The summed E-state index contributed by atoms with van der Waals surface area (Å²) in [6, 6.07) is 9.91. The van der Waals surface area contributed by atoms with E-state index < -0.39 is 0 Å². The van der Waals surface area contributed by atoms with E-state index in [0.717, 1.165) is 76.5 Å². The maximum atomic E-state index is 5.69. The highest BCUT2D eigenvalue weighted by Gasteiger charge is 2.25. The molecule has 6 rings (SSSR count). The van der Waals surface area contributed by atoms with Gasteiger partial charge in [0.1, 0.15) is 18.0 Å². The van der Waals surface area contributed by atoms with Crippen LogP contribution in [0.15, 0.2) is 40.3 Å². The third kappa shape index (κ3) is 4.50. The van der Waals surface area contributed by atoms with Crippen LogP contribution in [0.25, 0.3) is 10.9 Å². The summed E-state index contributed by atoms with van der Waals surface area (Å²) in [4.78, 5) is 17.2. The number of benzene rings is 2. The lowest BCUT2D eigenvalue weighted by Crippen LogP contribution is -2.53. The molecule has 1 aromatic heterocycles. The Hall–Kier alpha value is -3.99. The van der Waals surface area contributed by atoms with E-state index in [0.29, 0.717) is 24.5 Å². The number of nitrogens with one attached hydrogen (secondary N) is 2. The molecule has 0 bridgehead atoms. The van der Waals surface area contributed by atoms with Crippen molar-refractivity contribution in [1.29, 1.82) is 0 Å². The van der Waals surface area contributed by atoms with E-state index in [1.165, 1.54) is 0 Å². The Morgan fingerprint density at radius 3 is 2.65 bits per heavy atom. The fraction of sp³-hybridized carbons (Fsp3) is 0.346. The lowest BCUT2D eigenvalue weighted by atomic mass is 10.1. The van der Waals surface area contributed by atoms with Crippen molar-refractivity contribution in [2.45, 2.75) is 13.0 Å². The normalized spacial score (nSPS) is 16.3. The Labute approximate surface area is 219 Å². The first kappa shape index (κ1) is 23.4. The maximum absolute atomic E-state index is 5.69. The molecule has 0 unspecified atom stereocenters. The number of fused-ring (bicyclic) bond motifs is 4.